The van der Waals surface area contributed by atoms with Crippen LogP contribution in [0.3, 0.4) is 0 Å². The van der Waals surface area contributed by atoms with Crippen molar-refractivity contribution in [2.45, 2.75) is 18.9 Å². The highest BCUT2D eigenvalue weighted by Gasteiger charge is 2.50. The summed E-state index contributed by atoms with van der Waals surface area (Å²) in [6.07, 6.45) is 1.74. The molecule has 1 aliphatic rings. The van der Waals surface area contributed by atoms with Crippen LogP contribution in [-0.4, -0.2) is 67.9 Å². The first-order valence-electron chi connectivity index (χ1n) is 8.81. The minimum Gasteiger partial charge on any atom is -0.505 e. The molecular formula is C20H22N2O7. The number of pyridine rings is 1. The number of aromatic hydroxyl groups is 1. The predicted octanol–water partition coefficient (Wildman–Crippen LogP) is 1.01. The van der Waals surface area contributed by atoms with Gasteiger partial charge in [-0.05, 0) is 24.5 Å². The van der Waals surface area contributed by atoms with Crippen molar-refractivity contribution in [3.8, 4) is 5.75 Å². The van der Waals surface area contributed by atoms with Crippen LogP contribution in [0, 0.1) is 5.41 Å². The number of carboxylic acid groups (broad SMARTS) is 2. The Kier molecular flexibility index (Phi) is 7.27. The molecule has 1 amide bonds. The Hall–Kier alpha value is -3.46. The van der Waals surface area contributed by atoms with Gasteiger partial charge in [0.05, 0.1) is 17.9 Å². The maximum absolute atomic E-state index is 12.8. The van der Waals surface area contributed by atoms with E-state index in [0.717, 1.165) is 5.56 Å². The summed E-state index contributed by atoms with van der Waals surface area (Å²) in [6.45, 7) is -0.176. The second-order valence-electron chi connectivity index (χ2n) is 6.65. The summed E-state index contributed by atoms with van der Waals surface area (Å²) in [5.41, 5.74) is -0.664. The van der Waals surface area contributed by atoms with E-state index in [2.05, 4.69) is 4.98 Å². The molecule has 2 aromatic rings. The first kappa shape index (κ1) is 21.8. The van der Waals surface area contributed by atoms with Crippen LogP contribution in [0.15, 0.2) is 48.8 Å². The van der Waals surface area contributed by atoms with Crippen molar-refractivity contribution in [1.29, 1.82) is 0 Å². The quantitative estimate of drug-likeness (QED) is 0.554. The summed E-state index contributed by atoms with van der Waals surface area (Å²) in [6, 6.07) is 10.4. The van der Waals surface area contributed by atoms with Crippen molar-refractivity contribution in [3.05, 3.63) is 59.9 Å². The molecule has 29 heavy (non-hydrogen) atoms. The van der Waals surface area contributed by atoms with E-state index in [9.17, 15) is 24.9 Å². The number of aliphatic hydroxyl groups excluding tert-OH is 1. The fraction of sp³-hybridized carbons (Fsp3) is 0.300. The smallest absolute Gasteiger partial charge is 0.314 e. The average Bonchev–Trinajstić information content (AvgIpc) is 2.71. The molecule has 0 aliphatic carbocycles. The molecule has 1 saturated heterocycles. The number of piperidine rings is 1. The van der Waals surface area contributed by atoms with Crippen molar-refractivity contribution < 1.29 is 34.8 Å². The number of aliphatic carboxylic acids is 1. The lowest BCUT2D eigenvalue weighted by Gasteiger charge is -2.43. The van der Waals surface area contributed by atoms with E-state index < -0.39 is 23.4 Å². The molecule has 1 aromatic carbocycles. The molecule has 0 saturated carbocycles. The van der Waals surface area contributed by atoms with Crippen LogP contribution >= 0.6 is 0 Å². The van der Waals surface area contributed by atoms with E-state index in [-0.39, 0.29) is 43.7 Å². The topological polar surface area (TPSA) is 148 Å². The summed E-state index contributed by atoms with van der Waals surface area (Å²) in [5.74, 6) is -1.88. The normalized spacial score (nSPS) is 20.9. The van der Waals surface area contributed by atoms with Crippen LogP contribution in [0.25, 0.3) is 0 Å². The fourth-order valence-electron chi connectivity index (χ4n) is 3.41. The Morgan fingerprint density at radius 2 is 1.90 bits per heavy atom. The number of hydrogen-bond donors (Lipinski definition) is 4. The van der Waals surface area contributed by atoms with Crippen LogP contribution in [0.1, 0.15) is 22.3 Å². The largest absolute Gasteiger partial charge is 0.505 e. The zero-order valence-electron chi connectivity index (χ0n) is 15.5. The number of amides is 1. The van der Waals surface area contributed by atoms with E-state index >= 15 is 0 Å². The van der Waals surface area contributed by atoms with Crippen LogP contribution in [0.5, 0.6) is 5.75 Å². The molecule has 2 atom stereocenters. The van der Waals surface area contributed by atoms with Crippen molar-refractivity contribution in [2.75, 3.05) is 13.1 Å². The van der Waals surface area contributed by atoms with E-state index in [4.69, 9.17) is 9.90 Å². The van der Waals surface area contributed by atoms with Crippen LogP contribution < -0.4 is 0 Å². The van der Waals surface area contributed by atoms with Gasteiger partial charge in [0.15, 0.2) is 0 Å². The number of likely N-dealkylation sites (tertiary alicyclic amines) is 1. The molecule has 0 unspecified atom stereocenters. The first-order valence-corrected chi connectivity index (χ1v) is 8.81. The number of aromatic nitrogens is 1. The van der Waals surface area contributed by atoms with Crippen molar-refractivity contribution in [1.82, 2.24) is 9.88 Å². The molecule has 9 heteroatoms. The Balaban J connectivity index is 0.000000941. The number of carbonyl (C=O) groups is 3. The lowest BCUT2D eigenvalue weighted by atomic mass is 9.72. The summed E-state index contributed by atoms with van der Waals surface area (Å²) >= 11 is 0. The lowest BCUT2D eigenvalue weighted by Crippen LogP contribution is -2.58. The predicted molar refractivity (Wildman–Crippen MR) is 101 cm³/mol. The van der Waals surface area contributed by atoms with Crippen molar-refractivity contribution >= 4 is 18.3 Å². The third-order valence-electron chi connectivity index (χ3n) is 4.89. The molecular weight excluding hydrogens is 380 g/mol. The number of carboxylic acids is 1. The monoisotopic (exact) mass is 402 g/mol. The van der Waals surface area contributed by atoms with Gasteiger partial charge in [0.25, 0.3) is 12.4 Å². The number of hydrogen-bond acceptors (Lipinski definition) is 6. The molecule has 1 aliphatic heterocycles. The standard InChI is InChI=1S/C19H20N2O5.CH2O2/c22-15-11-20-8-6-14(15)17(24)21-9-7-16(23)19(12-21,18(25)26)10-13-4-2-1-3-5-13;2-1-3/h1-6,8,11,16,22-23H,7,9-10,12H2,(H,25,26);1H,(H,2,3)/t16-,19+;/m0./s1. The highest BCUT2D eigenvalue weighted by Crippen LogP contribution is 2.35. The number of aliphatic hydroxyl groups is 1. The average molecular weight is 402 g/mol. The van der Waals surface area contributed by atoms with Crippen LogP contribution in [0.2, 0.25) is 0 Å². The summed E-state index contributed by atoms with van der Waals surface area (Å²) in [7, 11) is 0. The molecule has 0 radical (unpaired) electrons. The zero-order chi connectivity index (χ0) is 21.4. The van der Waals surface area contributed by atoms with Crippen LogP contribution in [0.4, 0.5) is 0 Å². The molecule has 1 fully saturated rings. The van der Waals surface area contributed by atoms with E-state index in [1.165, 1.54) is 23.4 Å². The van der Waals surface area contributed by atoms with Gasteiger partial charge >= 0.3 is 5.97 Å². The molecule has 2 heterocycles. The summed E-state index contributed by atoms with van der Waals surface area (Å²) < 4.78 is 0. The number of rotatable bonds is 4. The molecule has 0 spiro atoms. The van der Waals surface area contributed by atoms with Gasteiger partial charge < -0.3 is 25.3 Å². The van der Waals surface area contributed by atoms with Gasteiger partial charge in [-0.3, -0.25) is 19.4 Å². The number of benzene rings is 1. The first-order chi connectivity index (χ1) is 13.9. The Bertz CT molecular complexity index is 859. The van der Waals surface area contributed by atoms with E-state index in [0.29, 0.717) is 0 Å². The fourth-order valence-corrected chi connectivity index (χ4v) is 3.41. The highest BCUT2D eigenvalue weighted by atomic mass is 16.4. The van der Waals surface area contributed by atoms with Crippen LogP contribution in [-0.2, 0) is 16.0 Å². The minimum atomic E-state index is -1.50. The van der Waals surface area contributed by atoms with E-state index in [1.54, 1.807) is 24.3 Å². The number of carbonyl (C=O) groups excluding carboxylic acids is 1. The van der Waals surface area contributed by atoms with Gasteiger partial charge in [0.1, 0.15) is 11.2 Å². The van der Waals surface area contributed by atoms with Gasteiger partial charge in [-0.15, -0.1) is 0 Å². The second-order valence-corrected chi connectivity index (χ2v) is 6.65. The van der Waals surface area contributed by atoms with Crippen molar-refractivity contribution in [2.24, 2.45) is 5.41 Å². The maximum atomic E-state index is 12.8. The lowest BCUT2D eigenvalue weighted by molar-refractivity contribution is -0.161. The summed E-state index contributed by atoms with van der Waals surface area (Å²) in [5, 5.41) is 37.1. The third kappa shape index (κ3) is 4.88. The van der Waals surface area contributed by atoms with Gasteiger partial charge in [0.2, 0.25) is 0 Å². The zero-order valence-corrected chi connectivity index (χ0v) is 15.5. The molecule has 0 bridgehead atoms. The highest BCUT2D eigenvalue weighted by molar-refractivity contribution is 5.97. The Morgan fingerprint density at radius 3 is 2.48 bits per heavy atom. The summed E-state index contributed by atoms with van der Waals surface area (Å²) in [4.78, 5) is 38.3. The molecule has 154 valence electrons. The van der Waals surface area contributed by atoms with Gasteiger partial charge in [-0.1, -0.05) is 30.3 Å². The second kappa shape index (κ2) is 9.65. The molecule has 3 rings (SSSR count). The van der Waals surface area contributed by atoms with Gasteiger partial charge in [0, 0.05) is 19.3 Å². The SMILES string of the molecule is O=C(c1ccncc1O)N1CC[C@H](O)[C@](Cc2ccccc2)(C(=O)O)C1.O=CO. The Morgan fingerprint density at radius 1 is 1.24 bits per heavy atom. The third-order valence-corrected chi connectivity index (χ3v) is 4.89. The minimum absolute atomic E-state index is 0.0652. The molecule has 1 aromatic heterocycles. The molecule has 9 nitrogen and oxygen atoms in total. The Labute approximate surface area is 166 Å². The van der Waals surface area contributed by atoms with E-state index in [1.807, 2.05) is 6.07 Å². The molecule has 4 N–H and O–H groups in total. The van der Waals surface area contributed by atoms with Gasteiger partial charge in [-0.2, -0.15) is 0 Å². The van der Waals surface area contributed by atoms with Crippen molar-refractivity contribution in [3.63, 3.8) is 0 Å². The van der Waals surface area contributed by atoms with Gasteiger partial charge in [-0.25, -0.2) is 0 Å². The number of nitrogens with zero attached hydrogens (tertiary/aromatic N) is 2. The maximum Gasteiger partial charge on any atom is 0.314 e.